The van der Waals surface area contributed by atoms with E-state index in [-0.39, 0.29) is 11.8 Å². The monoisotopic (exact) mass is 413 g/mol. The third-order valence-corrected chi connectivity index (χ3v) is 6.33. The van der Waals surface area contributed by atoms with Crippen molar-refractivity contribution in [1.29, 1.82) is 0 Å². The van der Waals surface area contributed by atoms with Gasteiger partial charge in [-0.05, 0) is 24.3 Å². The van der Waals surface area contributed by atoms with Gasteiger partial charge in [0.2, 0.25) is 5.72 Å². The highest BCUT2D eigenvalue weighted by Gasteiger charge is 2.52. The van der Waals surface area contributed by atoms with E-state index in [4.69, 9.17) is 9.84 Å². The van der Waals surface area contributed by atoms with Gasteiger partial charge in [-0.25, -0.2) is 5.01 Å². The standard InChI is InChI=1S/C20H21BrN4O/c1-24-9-6-20(7-10-24)25-18(16-11-15(21)4-5-19(16)26-20)12-17(23-25)14-3-2-8-22-13-14/h2-5,8,11,13,18H,6-7,9-10,12H2,1H3/p+1/t18-/m1/s1. The van der Waals surface area contributed by atoms with Crippen LogP contribution in [0.4, 0.5) is 0 Å². The summed E-state index contributed by atoms with van der Waals surface area (Å²) in [7, 11) is 2.26. The third-order valence-electron chi connectivity index (χ3n) is 5.84. The van der Waals surface area contributed by atoms with Crippen molar-refractivity contribution in [2.75, 3.05) is 20.1 Å². The molecule has 6 heteroatoms. The second kappa shape index (κ2) is 6.06. The van der Waals surface area contributed by atoms with Gasteiger partial charge in [0.05, 0.1) is 44.7 Å². The molecule has 2 aromatic rings. The van der Waals surface area contributed by atoms with E-state index >= 15 is 0 Å². The predicted molar refractivity (Wildman–Crippen MR) is 103 cm³/mol. The van der Waals surface area contributed by atoms with E-state index in [1.807, 2.05) is 18.5 Å². The molecule has 1 saturated heterocycles. The average Bonchev–Trinajstić information content (AvgIpc) is 3.12. The number of rotatable bonds is 1. The fourth-order valence-electron chi connectivity index (χ4n) is 4.36. The lowest BCUT2D eigenvalue weighted by molar-refractivity contribution is -0.888. The maximum atomic E-state index is 6.63. The summed E-state index contributed by atoms with van der Waals surface area (Å²) in [6.07, 6.45) is 6.60. The number of likely N-dealkylation sites (tertiary alicyclic amines) is 1. The molecule has 26 heavy (non-hydrogen) atoms. The van der Waals surface area contributed by atoms with Crippen molar-refractivity contribution < 1.29 is 9.64 Å². The Morgan fingerprint density at radius 1 is 1.27 bits per heavy atom. The van der Waals surface area contributed by atoms with Gasteiger partial charge in [-0.1, -0.05) is 22.0 Å². The summed E-state index contributed by atoms with van der Waals surface area (Å²) in [5, 5.41) is 7.33. The Labute approximate surface area is 161 Å². The van der Waals surface area contributed by atoms with Crippen molar-refractivity contribution in [3.05, 3.63) is 58.3 Å². The van der Waals surface area contributed by atoms with Crippen molar-refractivity contribution in [3.8, 4) is 5.75 Å². The fraction of sp³-hybridized carbons (Fsp3) is 0.400. The number of hydrazone groups is 1. The van der Waals surface area contributed by atoms with E-state index in [1.54, 1.807) is 4.90 Å². The Morgan fingerprint density at radius 2 is 2.12 bits per heavy atom. The summed E-state index contributed by atoms with van der Waals surface area (Å²) in [5.74, 6) is 1.01. The summed E-state index contributed by atoms with van der Waals surface area (Å²) in [4.78, 5) is 5.84. The molecule has 4 heterocycles. The fourth-order valence-corrected chi connectivity index (χ4v) is 4.74. The van der Waals surface area contributed by atoms with Crippen LogP contribution < -0.4 is 9.64 Å². The molecule has 134 valence electrons. The van der Waals surface area contributed by atoms with E-state index in [0.29, 0.717) is 0 Å². The molecule has 0 bridgehead atoms. The number of aromatic nitrogens is 1. The molecule has 0 aliphatic carbocycles. The third kappa shape index (κ3) is 2.55. The van der Waals surface area contributed by atoms with Crippen LogP contribution in [-0.4, -0.2) is 41.6 Å². The van der Waals surface area contributed by atoms with Crippen LogP contribution in [0.1, 0.15) is 36.4 Å². The van der Waals surface area contributed by atoms with Gasteiger partial charge < -0.3 is 9.64 Å². The molecular formula is C20H22BrN4O+. The van der Waals surface area contributed by atoms with Crippen LogP contribution in [0.5, 0.6) is 5.75 Å². The van der Waals surface area contributed by atoms with Gasteiger partial charge in [-0.2, -0.15) is 5.10 Å². The van der Waals surface area contributed by atoms with Crippen LogP contribution in [0.15, 0.2) is 52.3 Å². The van der Waals surface area contributed by atoms with Crippen molar-refractivity contribution in [1.82, 2.24) is 9.99 Å². The van der Waals surface area contributed by atoms with E-state index < -0.39 is 0 Å². The molecule has 0 unspecified atom stereocenters. The van der Waals surface area contributed by atoms with Gasteiger partial charge in [0.1, 0.15) is 5.75 Å². The Hall–Kier alpha value is -1.92. The summed E-state index contributed by atoms with van der Waals surface area (Å²) < 4.78 is 7.71. The average molecular weight is 414 g/mol. The molecule has 1 aromatic carbocycles. The molecule has 1 fully saturated rings. The van der Waals surface area contributed by atoms with Crippen LogP contribution in [0.2, 0.25) is 0 Å². The van der Waals surface area contributed by atoms with Crippen molar-refractivity contribution in [2.24, 2.45) is 5.10 Å². The SMILES string of the molecule is C[NH+]1CCC2(CC1)Oc1ccc(Br)cc1[C@H]1CC(c3cccnc3)=NN12. The second-order valence-electron chi connectivity index (χ2n) is 7.54. The van der Waals surface area contributed by atoms with E-state index in [2.05, 4.69) is 57.2 Å². The highest BCUT2D eigenvalue weighted by molar-refractivity contribution is 9.10. The maximum Gasteiger partial charge on any atom is 0.208 e. The van der Waals surface area contributed by atoms with Gasteiger partial charge in [-0.3, -0.25) is 4.98 Å². The lowest BCUT2D eigenvalue weighted by Gasteiger charge is -2.49. The van der Waals surface area contributed by atoms with Crippen molar-refractivity contribution in [2.45, 2.75) is 31.0 Å². The summed E-state index contributed by atoms with van der Waals surface area (Å²) in [6, 6.07) is 10.7. The molecule has 1 aromatic heterocycles. The number of fused-ring (bicyclic) bond motifs is 4. The number of piperidine rings is 1. The number of hydrogen-bond acceptors (Lipinski definition) is 4. The van der Waals surface area contributed by atoms with Crippen molar-refractivity contribution >= 4 is 21.6 Å². The Kier molecular flexibility index (Phi) is 3.79. The summed E-state index contributed by atoms with van der Waals surface area (Å²) in [6.45, 7) is 2.21. The van der Waals surface area contributed by atoms with Crippen molar-refractivity contribution in [3.63, 3.8) is 0 Å². The van der Waals surface area contributed by atoms with Gasteiger partial charge in [0, 0.05) is 34.4 Å². The zero-order valence-electron chi connectivity index (χ0n) is 14.8. The molecule has 1 spiro atoms. The first-order chi connectivity index (χ1) is 12.6. The normalized spacial score (nSPS) is 29.8. The molecule has 0 amide bonds. The van der Waals surface area contributed by atoms with Gasteiger partial charge in [-0.15, -0.1) is 0 Å². The molecule has 0 saturated carbocycles. The van der Waals surface area contributed by atoms with Crippen LogP contribution in [0, 0.1) is 0 Å². The molecular weight excluding hydrogens is 392 g/mol. The number of benzene rings is 1. The number of pyridine rings is 1. The lowest BCUT2D eigenvalue weighted by Crippen LogP contribution is -3.11. The molecule has 1 atom stereocenters. The van der Waals surface area contributed by atoms with Crippen LogP contribution >= 0.6 is 15.9 Å². The summed E-state index contributed by atoms with van der Waals surface area (Å²) in [5.41, 5.74) is 3.10. The highest BCUT2D eigenvalue weighted by Crippen LogP contribution is 2.49. The van der Waals surface area contributed by atoms with Crippen LogP contribution in [-0.2, 0) is 0 Å². The quantitative estimate of drug-likeness (QED) is 0.780. The van der Waals surface area contributed by atoms with E-state index in [0.717, 1.165) is 53.8 Å². The predicted octanol–water partition coefficient (Wildman–Crippen LogP) is 2.39. The van der Waals surface area contributed by atoms with E-state index in [1.165, 1.54) is 5.56 Å². The lowest BCUT2D eigenvalue weighted by atomic mass is 9.91. The second-order valence-corrected chi connectivity index (χ2v) is 8.46. The molecule has 5 rings (SSSR count). The summed E-state index contributed by atoms with van der Waals surface area (Å²) >= 11 is 3.62. The number of nitrogens with one attached hydrogen (secondary N) is 1. The molecule has 1 N–H and O–H groups in total. The highest BCUT2D eigenvalue weighted by atomic mass is 79.9. The van der Waals surface area contributed by atoms with Gasteiger partial charge in [0.25, 0.3) is 0 Å². The minimum atomic E-state index is -0.324. The first-order valence-electron chi connectivity index (χ1n) is 9.22. The number of hydrogen-bond donors (Lipinski definition) is 1. The number of quaternary nitrogens is 1. The van der Waals surface area contributed by atoms with Crippen LogP contribution in [0.3, 0.4) is 0 Å². The van der Waals surface area contributed by atoms with Gasteiger partial charge in [0.15, 0.2) is 0 Å². The smallest absolute Gasteiger partial charge is 0.208 e. The maximum absolute atomic E-state index is 6.63. The first-order valence-corrected chi connectivity index (χ1v) is 10.0. The Morgan fingerprint density at radius 3 is 2.88 bits per heavy atom. The Balaban J connectivity index is 1.60. The minimum absolute atomic E-state index is 0.227. The first kappa shape index (κ1) is 16.3. The number of nitrogens with zero attached hydrogens (tertiary/aromatic N) is 3. The largest absolute Gasteiger partial charge is 0.466 e. The molecule has 3 aliphatic heterocycles. The zero-order chi connectivity index (χ0) is 17.7. The number of ether oxygens (including phenoxy) is 1. The van der Waals surface area contributed by atoms with Crippen LogP contribution in [0.25, 0.3) is 0 Å². The molecule has 3 aliphatic rings. The van der Waals surface area contributed by atoms with E-state index in [9.17, 15) is 0 Å². The molecule has 5 nitrogen and oxygen atoms in total. The molecule has 0 radical (unpaired) electrons. The zero-order valence-corrected chi connectivity index (χ0v) is 16.4. The van der Waals surface area contributed by atoms with Gasteiger partial charge >= 0.3 is 0 Å². The Bertz CT molecular complexity index is 861. The number of halogens is 1. The minimum Gasteiger partial charge on any atom is -0.466 e. The topological polar surface area (TPSA) is 42.2 Å².